The second kappa shape index (κ2) is 4.85. The van der Waals surface area contributed by atoms with Crippen molar-refractivity contribution < 1.29 is 4.79 Å². The maximum Gasteiger partial charge on any atom is 0.163 e. The number of rotatable bonds is 3. The Morgan fingerprint density at radius 2 is 1.83 bits per heavy atom. The lowest BCUT2D eigenvalue weighted by Crippen LogP contribution is -2.16. The maximum absolute atomic E-state index is 12.4. The summed E-state index contributed by atoms with van der Waals surface area (Å²) in [7, 11) is 0. The molecule has 18 heavy (non-hydrogen) atoms. The molecule has 0 bridgehead atoms. The molecule has 2 aromatic carbocycles. The Kier molecular flexibility index (Phi) is 3.21. The van der Waals surface area contributed by atoms with E-state index in [-0.39, 0.29) is 0 Å². The lowest BCUT2D eigenvalue weighted by Gasteiger charge is -2.24. The molecule has 0 heterocycles. The minimum absolute atomic E-state index is 0.295. The average Bonchev–Trinajstić information content (AvgIpc) is 2.34. The number of hydrogen-bond donors (Lipinski definition) is 0. The van der Waals surface area contributed by atoms with Gasteiger partial charge in [0, 0.05) is 16.5 Å². The van der Waals surface area contributed by atoms with Crippen LogP contribution in [0.1, 0.15) is 36.0 Å². The van der Waals surface area contributed by atoms with Crippen molar-refractivity contribution in [3.05, 3.63) is 46.4 Å². The molecule has 0 saturated heterocycles. The number of carbonyl (C=O) groups is 1. The van der Waals surface area contributed by atoms with Crippen LogP contribution in [-0.2, 0) is 0 Å². The lowest BCUT2D eigenvalue weighted by molar-refractivity contribution is 0.0938. The normalized spacial score (nSPS) is 15.6. The van der Waals surface area contributed by atoms with Crippen LogP contribution in [0.2, 0.25) is 0 Å². The lowest BCUT2D eigenvalue weighted by atomic mass is 9.80. The van der Waals surface area contributed by atoms with Crippen molar-refractivity contribution in [1.29, 1.82) is 0 Å². The van der Waals surface area contributed by atoms with Gasteiger partial charge in [0.15, 0.2) is 5.78 Å². The summed E-state index contributed by atoms with van der Waals surface area (Å²) in [5, 5.41) is 2.19. The molecule has 1 aliphatic rings. The third kappa shape index (κ3) is 2.10. The molecule has 0 N–H and O–H groups in total. The van der Waals surface area contributed by atoms with Crippen LogP contribution < -0.4 is 0 Å². The molecule has 0 aliphatic heterocycles. The van der Waals surface area contributed by atoms with E-state index in [9.17, 15) is 4.79 Å². The summed E-state index contributed by atoms with van der Waals surface area (Å²) in [6.45, 7) is 0. The Labute approximate surface area is 115 Å². The zero-order valence-electron chi connectivity index (χ0n) is 10.2. The molecule has 2 aromatic rings. The zero-order chi connectivity index (χ0) is 12.5. The van der Waals surface area contributed by atoms with Gasteiger partial charge in [-0.2, -0.15) is 0 Å². The van der Waals surface area contributed by atoms with Crippen molar-refractivity contribution in [1.82, 2.24) is 0 Å². The molecular weight excluding hydrogens is 288 g/mol. The highest BCUT2D eigenvalue weighted by atomic mass is 79.9. The molecule has 92 valence electrons. The third-order valence-corrected chi connectivity index (χ3v) is 4.56. The fourth-order valence-corrected chi connectivity index (χ4v) is 3.05. The molecule has 2 heteroatoms. The molecule has 1 aliphatic carbocycles. The Hall–Kier alpha value is -1.15. The maximum atomic E-state index is 12.4. The number of ketones is 1. The SMILES string of the molecule is O=C(CC1CCC1)c1ccc(Br)c2ccccc12. The van der Waals surface area contributed by atoms with Crippen LogP contribution >= 0.6 is 15.9 Å². The van der Waals surface area contributed by atoms with E-state index in [1.54, 1.807) is 0 Å². The van der Waals surface area contributed by atoms with E-state index >= 15 is 0 Å². The first kappa shape index (κ1) is 11.9. The van der Waals surface area contributed by atoms with E-state index in [2.05, 4.69) is 22.0 Å². The molecule has 0 spiro atoms. The molecule has 1 saturated carbocycles. The average molecular weight is 303 g/mol. The topological polar surface area (TPSA) is 17.1 Å². The molecule has 0 atom stereocenters. The number of benzene rings is 2. The van der Waals surface area contributed by atoms with Crippen LogP contribution in [0.5, 0.6) is 0 Å². The van der Waals surface area contributed by atoms with Gasteiger partial charge in [-0.3, -0.25) is 4.79 Å². The van der Waals surface area contributed by atoms with Crippen LogP contribution in [0, 0.1) is 5.92 Å². The van der Waals surface area contributed by atoms with Gasteiger partial charge in [0.25, 0.3) is 0 Å². The van der Waals surface area contributed by atoms with E-state index in [1.165, 1.54) is 19.3 Å². The van der Waals surface area contributed by atoms with Crippen LogP contribution in [0.3, 0.4) is 0 Å². The Morgan fingerprint density at radius 1 is 1.11 bits per heavy atom. The monoisotopic (exact) mass is 302 g/mol. The summed E-state index contributed by atoms with van der Waals surface area (Å²) in [5.41, 5.74) is 0.876. The Bertz CT molecular complexity index is 599. The highest BCUT2D eigenvalue weighted by Gasteiger charge is 2.22. The summed E-state index contributed by atoms with van der Waals surface area (Å²) in [6, 6.07) is 12.0. The minimum Gasteiger partial charge on any atom is -0.294 e. The van der Waals surface area contributed by atoms with Crippen molar-refractivity contribution >= 4 is 32.5 Å². The highest BCUT2D eigenvalue weighted by Crippen LogP contribution is 2.33. The third-order valence-electron chi connectivity index (χ3n) is 3.87. The van der Waals surface area contributed by atoms with Crippen LogP contribution in [0.15, 0.2) is 40.9 Å². The number of carbonyl (C=O) groups excluding carboxylic acids is 1. The summed E-state index contributed by atoms with van der Waals surface area (Å²) in [4.78, 5) is 12.4. The van der Waals surface area contributed by atoms with Gasteiger partial charge in [0.1, 0.15) is 0 Å². The summed E-state index contributed by atoms with van der Waals surface area (Å²) in [5.74, 6) is 0.920. The molecule has 1 fully saturated rings. The molecule has 1 nitrogen and oxygen atoms in total. The molecule has 0 radical (unpaired) electrons. The Balaban J connectivity index is 2.00. The van der Waals surface area contributed by atoms with Gasteiger partial charge in [0.2, 0.25) is 0 Å². The number of fused-ring (bicyclic) bond motifs is 1. The van der Waals surface area contributed by atoms with Crippen molar-refractivity contribution in [3.8, 4) is 0 Å². The zero-order valence-corrected chi connectivity index (χ0v) is 11.7. The summed E-state index contributed by atoms with van der Waals surface area (Å²) in [6.07, 6.45) is 4.45. The number of hydrogen-bond acceptors (Lipinski definition) is 1. The van der Waals surface area contributed by atoms with Crippen molar-refractivity contribution in [3.63, 3.8) is 0 Å². The molecule has 0 unspecified atom stereocenters. The van der Waals surface area contributed by atoms with Gasteiger partial charge in [-0.05, 0) is 28.8 Å². The first-order valence-electron chi connectivity index (χ1n) is 6.46. The van der Waals surface area contributed by atoms with E-state index in [0.29, 0.717) is 18.1 Å². The quantitative estimate of drug-likeness (QED) is 0.731. The van der Waals surface area contributed by atoms with Crippen LogP contribution in [0.4, 0.5) is 0 Å². The predicted octanol–water partition coefficient (Wildman–Crippen LogP) is 4.98. The van der Waals surface area contributed by atoms with E-state index < -0.39 is 0 Å². The standard InChI is InChI=1S/C16H15BrO/c17-15-9-8-14(12-6-1-2-7-13(12)15)16(18)10-11-4-3-5-11/h1-2,6-9,11H,3-5,10H2. The molecular formula is C16H15BrO. The first-order chi connectivity index (χ1) is 8.75. The largest absolute Gasteiger partial charge is 0.294 e. The number of Topliss-reactive ketones (excluding diaryl/α,β-unsaturated/α-hetero) is 1. The molecule has 0 aromatic heterocycles. The van der Waals surface area contributed by atoms with E-state index in [0.717, 1.165) is 20.8 Å². The number of halogens is 1. The predicted molar refractivity (Wildman–Crippen MR) is 77.9 cm³/mol. The van der Waals surface area contributed by atoms with Gasteiger partial charge in [-0.15, -0.1) is 0 Å². The van der Waals surface area contributed by atoms with Crippen molar-refractivity contribution in [2.75, 3.05) is 0 Å². The second-order valence-electron chi connectivity index (χ2n) is 5.06. The summed E-state index contributed by atoms with van der Waals surface area (Å²) >= 11 is 3.54. The minimum atomic E-state index is 0.295. The summed E-state index contributed by atoms with van der Waals surface area (Å²) < 4.78 is 1.05. The molecule has 0 amide bonds. The van der Waals surface area contributed by atoms with Gasteiger partial charge in [0.05, 0.1) is 0 Å². The van der Waals surface area contributed by atoms with Gasteiger partial charge < -0.3 is 0 Å². The fraction of sp³-hybridized carbons (Fsp3) is 0.312. The molecule has 3 rings (SSSR count). The smallest absolute Gasteiger partial charge is 0.163 e. The Morgan fingerprint density at radius 3 is 2.50 bits per heavy atom. The first-order valence-corrected chi connectivity index (χ1v) is 7.25. The van der Waals surface area contributed by atoms with Crippen molar-refractivity contribution in [2.24, 2.45) is 5.92 Å². The van der Waals surface area contributed by atoms with Gasteiger partial charge in [-0.1, -0.05) is 59.5 Å². The second-order valence-corrected chi connectivity index (χ2v) is 5.92. The fourth-order valence-electron chi connectivity index (χ4n) is 2.57. The van der Waals surface area contributed by atoms with Crippen LogP contribution in [0.25, 0.3) is 10.8 Å². The highest BCUT2D eigenvalue weighted by molar-refractivity contribution is 9.10. The van der Waals surface area contributed by atoms with Gasteiger partial charge in [-0.25, -0.2) is 0 Å². The van der Waals surface area contributed by atoms with Crippen LogP contribution in [-0.4, -0.2) is 5.78 Å². The van der Waals surface area contributed by atoms with Gasteiger partial charge >= 0.3 is 0 Å². The van der Waals surface area contributed by atoms with E-state index in [4.69, 9.17) is 0 Å². The van der Waals surface area contributed by atoms with Crippen molar-refractivity contribution in [2.45, 2.75) is 25.7 Å². The van der Waals surface area contributed by atoms with E-state index in [1.807, 2.05) is 30.3 Å².